The minimum absolute atomic E-state index is 0.822. The molecular formula is C6H7Cl3NTi. The van der Waals surface area contributed by atoms with Gasteiger partial charge in [0.25, 0.3) is 0 Å². The van der Waals surface area contributed by atoms with Crippen molar-refractivity contribution in [3.8, 4) is 0 Å². The molecule has 5 heteroatoms. The van der Waals surface area contributed by atoms with Crippen LogP contribution >= 0.6 is 27.9 Å². The molecule has 0 spiro atoms. The van der Waals surface area contributed by atoms with Crippen molar-refractivity contribution in [2.75, 3.05) is 5.73 Å². The predicted molar refractivity (Wildman–Crippen MR) is 48.4 cm³/mol. The van der Waals surface area contributed by atoms with Crippen molar-refractivity contribution in [2.45, 2.75) is 0 Å². The normalized spacial score (nSPS) is 7.91. The fourth-order valence-corrected chi connectivity index (χ4v) is 0.453. The molecule has 0 aliphatic rings. The molecule has 2 N–H and O–H groups in total. The number of rotatable bonds is 0. The van der Waals surface area contributed by atoms with Crippen LogP contribution in [-0.4, -0.2) is 0 Å². The second-order valence-corrected chi connectivity index (χ2v) is 9.36. The third-order valence-corrected chi connectivity index (χ3v) is 0.800. The first-order valence-corrected chi connectivity index (χ1v) is 9.21. The standard InChI is InChI=1S/C6H7N.3ClH.Ti/c7-6-4-2-1-3-5-6;;;;/h1-5H,7H2;3*1H;/q;;;;+3/p-3. The summed E-state index contributed by atoms with van der Waals surface area (Å²) in [5, 5.41) is 0. The fourth-order valence-electron chi connectivity index (χ4n) is 0.453. The molecule has 1 aromatic rings. The number of para-hydroxylation sites is 1. The Hall–Kier alpha value is 0.604. The molecule has 0 aliphatic carbocycles. The molecule has 0 saturated carbocycles. The van der Waals surface area contributed by atoms with Gasteiger partial charge in [-0.05, 0) is 12.1 Å². The first kappa shape index (κ1) is 11.6. The van der Waals surface area contributed by atoms with Crippen molar-refractivity contribution in [3.63, 3.8) is 0 Å². The van der Waals surface area contributed by atoms with Gasteiger partial charge >= 0.3 is 42.6 Å². The zero-order chi connectivity index (χ0) is 8.69. The van der Waals surface area contributed by atoms with Gasteiger partial charge in [0.15, 0.2) is 0 Å². The Labute approximate surface area is 83.9 Å². The Kier molecular flexibility index (Phi) is 7.66. The van der Waals surface area contributed by atoms with Gasteiger partial charge in [-0.15, -0.1) is 0 Å². The molecule has 0 aromatic heterocycles. The van der Waals surface area contributed by atoms with Crippen molar-refractivity contribution >= 4 is 33.6 Å². The molecule has 0 heterocycles. The Morgan fingerprint density at radius 3 is 1.55 bits per heavy atom. The third kappa shape index (κ3) is 10.6. The van der Waals surface area contributed by atoms with Crippen molar-refractivity contribution in [1.29, 1.82) is 0 Å². The minimum atomic E-state index is -1.92. The van der Waals surface area contributed by atoms with E-state index in [9.17, 15) is 0 Å². The zero-order valence-corrected chi connectivity index (χ0v) is 9.43. The van der Waals surface area contributed by atoms with Gasteiger partial charge in [0.05, 0.1) is 0 Å². The molecule has 0 atom stereocenters. The summed E-state index contributed by atoms with van der Waals surface area (Å²) >= 11 is -1.92. The fraction of sp³-hybridized carbons (Fsp3) is 0. The van der Waals surface area contributed by atoms with Gasteiger partial charge < -0.3 is 5.73 Å². The van der Waals surface area contributed by atoms with Gasteiger partial charge in [-0.3, -0.25) is 0 Å². The molecule has 0 saturated heterocycles. The van der Waals surface area contributed by atoms with E-state index in [1.54, 1.807) is 0 Å². The van der Waals surface area contributed by atoms with Gasteiger partial charge in [-0.1, -0.05) is 18.2 Å². The van der Waals surface area contributed by atoms with E-state index in [2.05, 4.69) is 0 Å². The predicted octanol–water partition coefficient (Wildman–Crippen LogP) is 3.33. The summed E-state index contributed by atoms with van der Waals surface area (Å²) < 4.78 is 0. The number of hydrogen-bond acceptors (Lipinski definition) is 1. The van der Waals surface area contributed by atoms with Crippen LogP contribution in [0.15, 0.2) is 30.3 Å². The van der Waals surface area contributed by atoms with Gasteiger partial charge in [0.1, 0.15) is 0 Å². The summed E-state index contributed by atoms with van der Waals surface area (Å²) in [6, 6.07) is 9.49. The van der Waals surface area contributed by atoms with Gasteiger partial charge in [0, 0.05) is 5.69 Å². The summed E-state index contributed by atoms with van der Waals surface area (Å²) in [4.78, 5) is 0. The summed E-state index contributed by atoms with van der Waals surface area (Å²) in [7, 11) is 14.9. The van der Waals surface area contributed by atoms with Crippen LogP contribution in [0.5, 0.6) is 0 Å². The van der Waals surface area contributed by atoms with Crippen LogP contribution in [0.2, 0.25) is 0 Å². The number of nitrogens with two attached hydrogens (primary N) is 1. The van der Waals surface area contributed by atoms with E-state index in [0.29, 0.717) is 0 Å². The van der Waals surface area contributed by atoms with Gasteiger partial charge in [-0.25, -0.2) is 0 Å². The molecule has 0 radical (unpaired) electrons. The van der Waals surface area contributed by atoms with Crippen molar-refractivity contribution < 1.29 is 14.7 Å². The molecule has 1 rings (SSSR count). The van der Waals surface area contributed by atoms with Crippen LogP contribution in [-0.2, 0) is 14.7 Å². The van der Waals surface area contributed by atoms with Gasteiger partial charge in [-0.2, -0.15) is 0 Å². The Balaban J connectivity index is 0.000000218. The van der Waals surface area contributed by atoms with Gasteiger partial charge in [0.2, 0.25) is 0 Å². The van der Waals surface area contributed by atoms with Crippen LogP contribution in [0.25, 0.3) is 0 Å². The van der Waals surface area contributed by atoms with Crippen LogP contribution < -0.4 is 5.73 Å². The van der Waals surface area contributed by atoms with E-state index in [4.69, 9.17) is 33.6 Å². The maximum atomic E-state index is 5.36. The first-order chi connectivity index (χ1) is 5.13. The Bertz CT molecular complexity index is 178. The van der Waals surface area contributed by atoms with Crippen molar-refractivity contribution in [2.24, 2.45) is 0 Å². The van der Waals surface area contributed by atoms with Crippen LogP contribution in [0.4, 0.5) is 5.69 Å². The summed E-state index contributed by atoms with van der Waals surface area (Å²) in [6.07, 6.45) is 0. The molecule has 0 aliphatic heterocycles. The van der Waals surface area contributed by atoms with E-state index in [0.717, 1.165) is 5.69 Å². The summed E-state index contributed by atoms with van der Waals surface area (Å²) in [5.41, 5.74) is 6.18. The first-order valence-electron chi connectivity index (χ1n) is 2.77. The topological polar surface area (TPSA) is 26.0 Å². The van der Waals surface area contributed by atoms with E-state index in [-0.39, 0.29) is 0 Å². The summed E-state index contributed by atoms with van der Waals surface area (Å²) in [5.74, 6) is 0. The molecule has 1 nitrogen and oxygen atoms in total. The number of nitrogen functional groups attached to an aromatic ring is 1. The van der Waals surface area contributed by atoms with Crippen LogP contribution in [0, 0.1) is 0 Å². The summed E-state index contributed by atoms with van der Waals surface area (Å²) in [6.45, 7) is 0. The Morgan fingerprint density at radius 2 is 1.36 bits per heavy atom. The molecule has 61 valence electrons. The van der Waals surface area contributed by atoms with E-state index < -0.39 is 14.7 Å². The second-order valence-electron chi connectivity index (χ2n) is 1.62. The van der Waals surface area contributed by atoms with Crippen molar-refractivity contribution in [1.82, 2.24) is 0 Å². The van der Waals surface area contributed by atoms with E-state index >= 15 is 0 Å². The SMILES string of the molecule is Nc1ccccc1.[Cl][Ti]([Cl])[Cl]. The van der Waals surface area contributed by atoms with Crippen molar-refractivity contribution in [3.05, 3.63) is 30.3 Å². The molecule has 0 bridgehead atoms. The number of halogens is 3. The molecular weight excluding hydrogens is 240 g/mol. The molecule has 11 heavy (non-hydrogen) atoms. The Morgan fingerprint density at radius 1 is 1.00 bits per heavy atom. The third-order valence-electron chi connectivity index (χ3n) is 0.800. The average Bonchev–Trinajstić information content (AvgIpc) is 1.87. The number of hydrogen-bond donors (Lipinski definition) is 1. The quantitative estimate of drug-likeness (QED) is 0.552. The van der Waals surface area contributed by atoms with E-state index in [1.165, 1.54) is 0 Å². The van der Waals surface area contributed by atoms with Crippen LogP contribution in [0.1, 0.15) is 0 Å². The monoisotopic (exact) mass is 246 g/mol. The molecule has 0 fully saturated rings. The average molecular weight is 247 g/mol. The number of anilines is 1. The molecule has 1 aromatic carbocycles. The maximum absolute atomic E-state index is 5.36. The van der Waals surface area contributed by atoms with E-state index in [1.807, 2.05) is 30.3 Å². The van der Waals surface area contributed by atoms with Crippen LogP contribution in [0.3, 0.4) is 0 Å². The zero-order valence-electron chi connectivity index (χ0n) is 5.60. The second kappa shape index (κ2) is 7.26. The molecule has 0 amide bonds. The molecule has 0 unspecified atom stereocenters. The number of benzene rings is 1.